The molecule has 1 aromatic rings. The lowest BCUT2D eigenvalue weighted by Gasteiger charge is -2.18. The van der Waals surface area contributed by atoms with E-state index in [0.29, 0.717) is 17.4 Å². The molecule has 0 fully saturated rings. The smallest absolute Gasteiger partial charge is 0.341 e. The molecule has 4 nitrogen and oxygen atoms in total. The van der Waals surface area contributed by atoms with Gasteiger partial charge in [0.25, 0.3) is 0 Å². The van der Waals surface area contributed by atoms with Crippen LogP contribution in [0.4, 0.5) is 5.82 Å². The minimum Gasteiger partial charge on any atom is -0.465 e. The number of methoxy groups -OCH3 is 1. The topological polar surface area (TPSA) is 51.2 Å². The number of carbonyl (C=O) groups excluding carboxylic acids is 1. The molecule has 0 aliphatic carbocycles. The summed E-state index contributed by atoms with van der Waals surface area (Å²) in [5, 5.41) is 3.30. The van der Waals surface area contributed by atoms with Gasteiger partial charge in [-0.3, -0.25) is 0 Å². The van der Waals surface area contributed by atoms with Crippen molar-refractivity contribution in [3.8, 4) is 0 Å². The van der Waals surface area contributed by atoms with Gasteiger partial charge in [0, 0.05) is 12.2 Å². The molecule has 94 valence electrons. The lowest BCUT2D eigenvalue weighted by atomic mass is 10.1. The number of nitrogens with zero attached hydrogens (tertiary/aromatic N) is 1. The average molecular weight is 236 g/mol. The number of rotatable bonds is 6. The largest absolute Gasteiger partial charge is 0.465 e. The van der Waals surface area contributed by atoms with Crippen LogP contribution in [-0.4, -0.2) is 24.1 Å². The number of hydrogen-bond donors (Lipinski definition) is 1. The van der Waals surface area contributed by atoms with Crippen LogP contribution in [0.1, 0.15) is 43.5 Å². The lowest BCUT2D eigenvalue weighted by Crippen LogP contribution is -2.21. The van der Waals surface area contributed by atoms with E-state index in [2.05, 4.69) is 24.1 Å². The van der Waals surface area contributed by atoms with E-state index in [-0.39, 0.29) is 5.97 Å². The Morgan fingerprint density at radius 2 is 2.29 bits per heavy atom. The molecule has 1 heterocycles. The van der Waals surface area contributed by atoms with Crippen molar-refractivity contribution in [3.05, 3.63) is 23.9 Å². The van der Waals surface area contributed by atoms with Crippen LogP contribution in [0.5, 0.6) is 0 Å². The molecule has 1 atom stereocenters. The van der Waals surface area contributed by atoms with Crippen molar-refractivity contribution >= 4 is 11.8 Å². The molecule has 0 radical (unpaired) electrons. The summed E-state index contributed by atoms with van der Waals surface area (Å²) in [7, 11) is 1.38. The van der Waals surface area contributed by atoms with Gasteiger partial charge in [-0.2, -0.15) is 0 Å². The number of anilines is 1. The monoisotopic (exact) mass is 236 g/mol. The van der Waals surface area contributed by atoms with Gasteiger partial charge in [-0.1, -0.05) is 20.3 Å². The van der Waals surface area contributed by atoms with Gasteiger partial charge in [-0.25, -0.2) is 9.78 Å². The summed E-state index contributed by atoms with van der Waals surface area (Å²) in [6.45, 7) is 4.26. The van der Waals surface area contributed by atoms with E-state index in [1.807, 2.05) is 0 Å². The molecular weight excluding hydrogens is 216 g/mol. The SMILES string of the molecule is CCCC(CC)Nc1ncccc1C(=O)OC. The van der Waals surface area contributed by atoms with Crippen LogP contribution < -0.4 is 5.32 Å². The average Bonchev–Trinajstić information content (AvgIpc) is 2.38. The van der Waals surface area contributed by atoms with Gasteiger partial charge in [-0.05, 0) is 25.0 Å². The van der Waals surface area contributed by atoms with Crippen LogP contribution in [-0.2, 0) is 4.74 Å². The minimum absolute atomic E-state index is 0.346. The molecule has 17 heavy (non-hydrogen) atoms. The van der Waals surface area contributed by atoms with Gasteiger partial charge in [0.1, 0.15) is 11.4 Å². The summed E-state index contributed by atoms with van der Waals surface area (Å²) in [5.41, 5.74) is 0.490. The van der Waals surface area contributed by atoms with Crippen molar-refractivity contribution in [2.45, 2.75) is 39.2 Å². The molecule has 0 saturated carbocycles. The van der Waals surface area contributed by atoms with Gasteiger partial charge in [0.05, 0.1) is 7.11 Å². The predicted octanol–water partition coefficient (Wildman–Crippen LogP) is 2.86. The standard InChI is InChI=1S/C13H20N2O2/c1-4-7-10(5-2)15-12-11(13(16)17-3)8-6-9-14-12/h6,8-10H,4-5,7H2,1-3H3,(H,14,15). The lowest BCUT2D eigenvalue weighted by molar-refractivity contribution is 0.0601. The molecule has 0 aromatic carbocycles. The number of carbonyl (C=O) groups is 1. The Labute approximate surface area is 102 Å². The molecule has 0 amide bonds. The second kappa shape index (κ2) is 6.89. The van der Waals surface area contributed by atoms with E-state index >= 15 is 0 Å². The molecule has 1 unspecified atom stereocenters. The summed E-state index contributed by atoms with van der Waals surface area (Å²) in [6.07, 6.45) is 4.85. The number of ether oxygens (including phenoxy) is 1. The fourth-order valence-corrected chi connectivity index (χ4v) is 1.72. The summed E-state index contributed by atoms with van der Waals surface area (Å²) < 4.78 is 4.73. The fraction of sp³-hybridized carbons (Fsp3) is 0.538. The first-order valence-corrected chi connectivity index (χ1v) is 6.02. The number of hydrogen-bond acceptors (Lipinski definition) is 4. The first kappa shape index (κ1) is 13.5. The van der Waals surface area contributed by atoms with Crippen LogP contribution in [0.3, 0.4) is 0 Å². The zero-order valence-corrected chi connectivity index (χ0v) is 10.7. The Morgan fingerprint density at radius 3 is 2.88 bits per heavy atom. The summed E-state index contributed by atoms with van der Waals surface area (Å²) in [5.74, 6) is 0.256. The van der Waals surface area contributed by atoms with Crippen molar-refractivity contribution in [3.63, 3.8) is 0 Å². The maximum absolute atomic E-state index is 11.6. The zero-order chi connectivity index (χ0) is 12.7. The highest BCUT2D eigenvalue weighted by Crippen LogP contribution is 2.16. The van der Waals surface area contributed by atoms with E-state index in [0.717, 1.165) is 19.3 Å². The highest BCUT2D eigenvalue weighted by molar-refractivity contribution is 5.94. The molecule has 0 saturated heterocycles. The Hall–Kier alpha value is -1.58. The van der Waals surface area contributed by atoms with Crippen molar-refractivity contribution in [2.75, 3.05) is 12.4 Å². The van der Waals surface area contributed by atoms with Crippen molar-refractivity contribution in [1.29, 1.82) is 0 Å². The van der Waals surface area contributed by atoms with Crippen molar-refractivity contribution < 1.29 is 9.53 Å². The third kappa shape index (κ3) is 3.73. The van der Waals surface area contributed by atoms with Crippen LogP contribution in [0.25, 0.3) is 0 Å². The van der Waals surface area contributed by atoms with E-state index < -0.39 is 0 Å². The van der Waals surface area contributed by atoms with Gasteiger partial charge in [0.15, 0.2) is 0 Å². The maximum atomic E-state index is 11.6. The van der Waals surface area contributed by atoms with Gasteiger partial charge in [0.2, 0.25) is 0 Å². The van der Waals surface area contributed by atoms with E-state index in [9.17, 15) is 4.79 Å². The van der Waals surface area contributed by atoms with Crippen LogP contribution >= 0.6 is 0 Å². The highest BCUT2D eigenvalue weighted by Gasteiger charge is 2.14. The van der Waals surface area contributed by atoms with Crippen LogP contribution in [0, 0.1) is 0 Å². The number of esters is 1. The first-order chi connectivity index (χ1) is 8.22. The second-order valence-electron chi connectivity index (χ2n) is 3.93. The fourth-order valence-electron chi connectivity index (χ4n) is 1.72. The Morgan fingerprint density at radius 1 is 1.53 bits per heavy atom. The van der Waals surface area contributed by atoms with Crippen LogP contribution in [0.15, 0.2) is 18.3 Å². The third-order valence-electron chi connectivity index (χ3n) is 2.68. The van der Waals surface area contributed by atoms with Gasteiger partial charge < -0.3 is 10.1 Å². The summed E-state index contributed by atoms with van der Waals surface area (Å²) >= 11 is 0. The molecule has 0 aliphatic rings. The molecule has 4 heteroatoms. The van der Waals surface area contributed by atoms with E-state index in [1.165, 1.54) is 7.11 Å². The molecule has 0 spiro atoms. The predicted molar refractivity (Wildman–Crippen MR) is 68.2 cm³/mol. The highest BCUT2D eigenvalue weighted by atomic mass is 16.5. The van der Waals surface area contributed by atoms with Crippen molar-refractivity contribution in [1.82, 2.24) is 4.98 Å². The quantitative estimate of drug-likeness (QED) is 0.772. The van der Waals surface area contributed by atoms with E-state index in [1.54, 1.807) is 18.3 Å². The Bertz CT molecular complexity index is 366. The zero-order valence-electron chi connectivity index (χ0n) is 10.7. The third-order valence-corrected chi connectivity index (χ3v) is 2.68. The number of pyridine rings is 1. The molecular formula is C13H20N2O2. The molecule has 1 aromatic heterocycles. The first-order valence-electron chi connectivity index (χ1n) is 6.02. The molecule has 0 bridgehead atoms. The van der Waals surface area contributed by atoms with E-state index in [4.69, 9.17) is 4.74 Å². The summed E-state index contributed by atoms with van der Waals surface area (Å²) in [6, 6.07) is 3.80. The minimum atomic E-state index is -0.355. The van der Waals surface area contributed by atoms with Crippen LogP contribution in [0.2, 0.25) is 0 Å². The molecule has 1 rings (SSSR count). The summed E-state index contributed by atoms with van der Waals surface area (Å²) in [4.78, 5) is 15.8. The van der Waals surface area contributed by atoms with Gasteiger partial charge in [-0.15, -0.1) is 0 Å². The second-order valence-corrected chi connectivity index (χ2v) is 3.93. The maximum Gasteiger partial charge on any atom is 0.341 e. The molecule has 1 N–H and O–H groups in total. The molecule has 0 aliphatic heterocycles. The Balaban J connectivity index is 2.85. The van der Waals surface area contributed by atoms with Crippen molar-refractivity contribution in [2.24, 2.45) is 0 Å². The normalized spacial score (nSPS) is 11.9. The number of nitrogens with one attached hydrogen (secondary N) is 1. The van der Waals surface area contributed by atoms with Gasteiger partial charge >= 0.3 is 5.97 Å². The number of aromatic nitrogens is 1. The Kier molecular flexibility index (Phi) is 5.46.